The largest absolute Gasteiger partial charge is 0.485 e. The van der Waals surface area contributed by atoms with E-state index in [0.29, 0.717) is 49.8 Å². The van der Waals surface area contributed by atoms with E-state index in [1.54, 1.807) is 0 Å². The number of ether oxygens (including phenoxy) is 3. The SMILES string of the molecule is CC(C)(C)OC(=O)N1CCc2cc(OCc3ccccc3)c(OCc3ccccc3)cc2C1Cc1ccc(N)cc1. The normalized spacial score (nSPS) is 14.7. The molecule has 1 aliphatic heterocycles. The molecule has 1 atom stereocenters. The Kier molecular flexibility index (Phi) is 8.48. The molecule has 6 heteroatoms. The number of carbonyl (C=O) groups excluding carboxylic acids is 1. The van der Waals surface area contributed by atoms with Crippen molar-refractivity contribution < 1.29 is 19.0 Å². The first kappa shape index (κ1) is 28.1. The Labute approximate surface area is 242 Å². The lowest BCUT2D eigenvalue weighted by molar-refractivity contribution is 0.0141. The maximum atomic E-state index is 13.4. The molecule has 212 valence electrons. The molecule has 0 aliphatic carbocycles. The van der Waals surface area contributed by atoms with E-state index in [1.807, 2.05) is 111 Å². The number of amides is 1. The summed E-state index contributed by atoms with van der Waals surface area (Å²) in [6, 6.07) is 31.9. The second-order valence-electron chi connectivity index (χ2n) is 11.4. The maximum Gasteiger partial charge on any atom is 0.410 e. The van der Waals surface area contributed by atoms with Gasteiger partial charge < -0.3 is 24.8 Å². The van der Waals surface area contributed by atoms with Crippen molar-refractivity contribution in [2.24, 2.45) is 0 Å². The summed E-state index contributed by atoms with van der Waals surface area (Å²) in [7, 11) is 0. The predicted molar refractivity (Wildman–Crippen MR) is 162 cm³/mol. The fourth-order valence-corrected chi connectivity index (χ4v) is 5.04. The molecule has 1 unspecified atom stereocenters. The van der Waals surface area contributed by atoms with Gasteiger partial charge in [-0.1, -0.05) is 72.8 Å². The lowest BCUT2D eigenvalue weighted by Gasteiger charge is -2.38. The molecular weight excluding hydrogens is 512 g/mol. The number of rotatable bonds is 8. The fourth-order valence-electron chi connectivity index (χ4n) is 5.04. The summed E-state index contributed by atoms with van der Waals surface area (Å²) in [6.07, 6.45) is 0.988. The van der Waals surface area contributed by atoms with Gasteiger partial charge in [0.05, 0.1) is 6.04 Å². The van der Waals surface area contributed by atoms with Gasteiger partial charge in [-0.05, 0) is 85.7 Å². The standard InChI is InChI=1S/C35H38N2O4/c1-35(2,3)41-34(38)37-19-18-28-21-32(39-23-26-10-6-4-7-11-26)33(40-24-27-12-8-5-9-13-27)22-30(28)31(37)20-25-14-16-29(36)17-15-25/h4-17,21-22,31H,18-20,23-24,36H2,1-3H3. The summed E-state index contributed by atoms with van der Waals surface area (Å²) >= 11 is 0. The minimum absolute atomic E-state index is 0.237. The Bertz CT molecular complexity index is 1450. The Hall–Kier alpha value is -4.45. The van der Waals surface area contributed by atoms with Crippen LogP contribution in [0.3, 0.4) is 0 Å². The summed E-state index contributed by atoms with van der Waals surface area (Å²) in [5.74, 6) is 1.34. The van der Waals surface area contributed by atoms with Crippen LogP contribution in [0.4, 0.5) is 10.5 Å². The van der Waals surface area contributed by atoms with Gasteiger partial charge in [-0.3, -0.25) is 0 Å². The molecule has 2 N–H and O–H groups in total. The third-order valence-electron chi connectivity index (χ3n) is 7.07. The minimum Gasteiger partial charge on any atom is -0.485 e. The number of anilines is 1. The number of nitrogen functional groups attached to an aromatic ring is 1. The first-order chi connectivity index (χ1) is 19.7. The van der Waals surface area contributed by atoms with Crippen molar-refractivity contribution in [2.75, 3.05) is 12.3 Å². The molecule has 1 amide bonds. The maximum absolute atomic E-state index is 13.4. The molecule has 1 heterocycles. The number of hydrogen-bond acceptors (Lipinski definition) is 5. The molecule has 0 saturated carbocycles. The van der Waals surface area contributed by atoms with Crippen LogP contribution >= 0.6 is 0 Å². The average molecular weight is 551 g/mol. The second-order valence-corrected chi connectivity index (χ2v) is 11.4. The van der Waals surface area contributed by atoms with Crippen molar-refractivity contribution in [1.29, 1.82) is 0 Å². The lowest BCUT2D eigenvalue weighted by atomic mass is 9.88. The van der Waals surface area contributed by atoms with Gasteiger partial charge in [0, 0.05) is 12.2 Å². The van der Waals surface area contributed by atoms with E-state index in [2.05, 4.69) is 12.1 Å². The Morgan fingerprint density at radius 1 is 0.805 bits per heavy atom. The summed E-state index contributed by atoms with van der Waals surface area (Å²) in [6.45, 7) is 7.06. The number of nitrogens with zero attached hydrogens (tertiary/aromatic N) is 1. The smallest absolute Gasteiger partial charge is 0.410 e. The van der Waals surface area contributed by atoms with Gasteiger partial charge in [0.15, 0.2) is 11.5 Å². The van der Waals surface area contributed by atoms with Crippen molar-refractivity contribution in [1.82, 2.24) is 4.90 Å². The van der Waals surface area contributed by atoms with Crippen molar-refractivity contribution >= 4 is 11.8 Å². The van der Waals surface area contributed by atoms with E-state index >= 15 is 0 Å². The zero-order valence-electron chi connectivity index (χ0n) is 24.0. The zero-order valence-corrected chi connectivity index (χ0v) is 24.0. The highest BCUT2D eigenvalue weighted by Crippen LogP contribution is 2.41. The van der Waals surface area contributed by atoms with E-state index in [-0.39, 0.29) is 12.1 Å². The van der Waals surface area contributed by atoms with Crippen LogP contribution in [-0.4, -0.2) is 23.1 Å². The molecule has 5 rings (SSSR count). The third kappa shape index (κ3) is 7.40. The number of carbonyl (C=O) groups is 1. The van der Waals surface area contributed by atoms with E-state index in [9.17, 15) is 4.79 Å². The van der Waals surface area contributed by atoms with Crippen LogP contribution in [0.5, 0.6) is 11.5 Å². The second kappa shape index (κ2) is 12.4. The number of nitrogens with two attached hydrogens (primary N) is 1. The molecule has 0 saturated heterocycles. The molecule has 0 aromatic heterocycles. The van der Waals surface area contributed by atoms with Crippen LogP contribution in [0.25, 0.3) is 0 Å². The van der Waals surface area contributed by atoms with Gasteiger partial charge in [-0.15, -0.1) is 0 Å². The highest BCUT2D eigenvalue weighted by Gasteiger charge is 2.35. The van der Waals surface area contributed by atoms with E-state index in [4.69, 9.17) is 19.9 Å². The van der Waals surface area contributed by atoms with Crippen molar-refractivity contribution in [3.8, 4) is 11.5 Å². The van der Waals surface area contributed by atoms with Gasteiger partial charge in [0.1, 0.15) is 18.8 Å². The van der Waals surface area contributed by atoms with Crippen molar-refractivity contribution in [3.05, 3.63) is 125 Å². The lowest BCUT2D eigenvalue weighted by Crippen LogP contribution is -2.43. The minimum atomic E-state index is -0.595. The summed E-state index contributed by atoms with van der Waals surface area (Å²) in [5, 5.41) is 0. The van der Waals surface area contributed by atoms with Gasteiger partial charge in [0.2, 0.25) is 0 Å². The van der Waals surface area contributed by atoms with Gasteiger partial charge in [-0.25, -0.2) is 4.79 Å². The fraction of sp³-hybridized carbons (Fsp3) is 0.286. The van der Waals surface area contributed by atoms with E-state index in [1.165, 1.54) is 0 Å². The summed E-state index contributed by atoms with van der Waals surface area (Å²) < 4.78 is 18.6. The molecule has 0 fully saturated rings. The molecule has 0 spiro atoms. The van der Waals surface area contributed by atoms with Crippen LogP contribution in [0.2, 0.25) is 0 Å². The van der Waals surface area contributed by atoms with Crippen LogP contribution in [0, 0.1) is 0 Å². The van der Waals surface area contributed by atoms with Crippen LogP contribution in [0.1, 0.15) is 54.6 Å². The van der Waals surface area contributed by atoms with E-state index in [0.717, 1.165) is 27.8 Å². The molecule has 0 radical (unpaired) electrons. The topological polar surface area (TPSA) is 74.0 Å². The molecule has 0 bridgehead atoms. The van der Waals surface area contributed by atoms with Crippen LogP contribution in [-0.2, 0) is 30.8 Å². The first-order valence-electron chi connectivity index (χ1n) is 14.1. The number of fused-ring (bicyclic) bond motifs is 1. The monoisotopic (exact) mass is 550 g/mol. The molecule has 6 nitrogen and oxygen atoms in total. The summed E-state index contributed by atoms with van der Waals surface area (Å²) in [4.78, 5) is 15.3. The molecule has 4 aromatic carbocycles. The van der Waals surface area contributed by atoms with Crippen LogP contribution < -0.4 is 15.2 Å². The van der Waals surface area contributed by atoms with Crippen molar-refractivity contribution in [2.45, 2.75) is 58.5 Å². The van der Waals surface area contributed by atoms with E-state index < -0.39 is 5.60 Å². The third-order valence-corrected chi connectivity index (χ3v) is 7.07. The van der Waals surface area contributed by atoms with Crippen LogP contribution in [0.15, 0.2) is 97.1 Å². The van der Waals surface area contributed by atoms with Gasteiger partial charge >= 0.3 is 6.09 Å². The molecule has 1 aliphatic rings. The number of benzene rings is 4. The Balaban J connectivity index is 1.51. The highest BCUT2D eigenvalue weighted by molar-refractivity contribution is 5.70. The van der Waals surface area contributed by atoms with Gasteiger partial charge in [-0.2, -0.15) is 0 Å². The molecule has 41 heavy (non-hydrogen) atoms. The Morgan fingerprint density at radius 2 is 1.37 bits per heavy atom. The molecule has 4 aromatic rings. The average Bonchev–Trinajstić information content (AvgIpc) is 2.96. The predicted octanol–water partition coefficient (Wildman–Crippen LogP) is 7.50. The van der Waals surface area contributed by atoms with Crippen molar-refractivity contribution in [3.63, 3.8) is 0 Å². The number of hydrogen-bond donors (Lipinski definition) is 1. The summed E-state index contributed by atoms with van der Waals surface area (Å²) in [5.41, 5.74) is 11.5. The van der Waals surface area contributed by atoms with Gasteiger partial charge in [0.25, 0.3) is 0 Å². The molecular formula is C35H38N2O4. The highest BCUT2D eigenvalue weighted by atomic mass is 16.6. The zero-order chi connectivity index (χ0) is 28.8. The Morgan fingerprint density at radius 3 is 1.93 bits per heavy atom. The first-order valence-corrected chi connectivity index (χ1v) is 14.1. The quantitative estimate of drug-likeness (QED) is 0.230.